The van der Waals surface area contributed by atoms with E-state index < -0.39 is 0 Å². The van der Waals surface area contributed by atoms with E-state index in [-0.39, 0.29) is 18.3 Å². The molecule has 2 rings (SSSR count). The summed E-state index contributed by atoms with van der Waals surface area (Å²) in [5, 5.41) is 6.48. The Morgan fingerprint density at radius 2 is 2.22 bits per heavy atom. The molecule has 18 heavy (non-hydrogen) atoms. The third-order valence-electron chi connectivity index (χ3n) is 3.71. The van der Waals surface area contributed by atoms with Crippen LogP contribution in [0, 0.1) is 12.8 Å². The van der Waals surface area contributed by atoms with Gasteiger partial charge in [-0.2, -0.15) is 0 Å². The molecule has 0 spiro atoms. The number of nitrogens with zero attached hydrogens (tertiary/aromatic N) is 1. The van der Waals surface area contributed by atoms with E-state index in [0.29, 0.717) is 12.0 Å². The first kappa shape index (κ1) is 15.1. The second-order valence-corrected chi connectivity index (χ2v) is 4.97. The molecule has 1 aromatic heterocycles. The van der Waals surface area contributed by atoms with Gasteiger partial charge in [0, 0.05) is 18.8 Å². The quantitative estimate of drug-likeness (QED) is 0.856. The van der Waals surface area contributed by atoms with Crippen LogP contribution in [-0.4, -0.2) is 29.6 Å². The molecule has 1 aromatic rings. The number of carbonyl (C=O) groups is 1. The molecule has 4 nitrogen and oxygen atoms in total. The molecule has 2 heterocycles. The van der Waals surface area contributed by atoms with Crippen molar-refractivity contribution in [2.75, 3.05) is 13.1 Å². The van der Waals surface area contributed by atoms with Crippen LogP contribution in [0.25, 0.3) is 0 Å². The van der Waals surface area contributed by atoms with Gasteiger partial charge in [-0.25, -0.2) is 0 Å². The van der Waals surface area contributed by atoms with Crippen molar-refractivity contribution in [1.82, 2.24) is 15.2 Å². The first-order valence-electron chi connectivity index (χ1n) is 6.23. The van der Waals surface area contributed by atoms with Gasteiger partial charge in [0.2, 0.25) is 0 Å². The maximum Gasteiger partial charge on any atom is 0.268 e. The van der Waals surface area contributed by atoms with Crippen molar-refractivity contribution in [3.63, 3.8) is 0 Å². The van der Waals surface area contributed by atoms with E-state index >= 15 is 0 Å². The largest absolute Gasteiger partial charge is 0.348 e. The molecule has 5 heteroatoms. The predicted octanol–water partition coefficient (Wildman–Crippen LogP) is 1.48. The van der Waals surface area contributed by atoms with Gasteiger partial charge >= 0.3 is 0 Å². The van der Waals surface area contributed by atoms with Gasteiger partial charge in [0.15, 0.2) is 0 Å². The number of amides is 1. The van der Waals surface area contributed by atoms with Crippen molar-refractivity contribution in [3.05, 3.63) is 23.5 Å². The fourth-order valence-electron chi connectivity index (χ4n) is 2.31. The summed E-state index contributed by atoms with van der Waals surface area (Å²) >= 11 is 0. The number of piperidine rings is 1. The van der Waals surface area contributed by atoms with Crippen LogP contribution in [0.1, 0.15) is 29.5 Å². The third kappa shape index (κ3) is 3.06. The van der Waals surface area contributed by atoms with Crippen molar-refractivity contribution < 1.29 is 4.79 Å². The maximum absolute atomic E-state index is 12.1. The molecule has 0 bridgehead atoms. The van der Waals surface area contributed by atoms with E-state index in [4.69, 9.17) is 0 Å². The summed E-state index contributed by atoms with van der Waals surface area (Å²) in [7, 11) is 1.93. The third-order valence-corrected chi connectivity index (χ3v) is 3.71. The van der Waals surface area contributed by atoms with Crippen LogP contribution in [-0.2, 0) is 7.05 Å². The summed E-state index contributed by atoms with van der Waals surface area (Å²) in [5.41, 5.74) is 1.85. The highest BCUT2D eigenvalue weighted by Gasteiger charge is 2.23. The van der Waals surface area contributed by atoms with Gasteiger partial charge in [0.25, 0.3) is 5.91 Å². The first-order chi connectivity index (χ1) is 8.09. The van der Waals surface area contributed by atoms with Crippen molar-refractivity contribution in [2.45, 2.75) is 26.3 Å². The van der Waals surface area contributed by atoms with Crippen LogP contribution in [0.5, 0.6) is 0 Å². The first-order valence-corrected chi connectivity index (χ1v) is 6.23. The molecule has 1 aliphatic heterocycles. The van der Waals surface area contributed by atoms with Crippen LogP contribution < -0.4 is 10.6 Å². The Morgan fingerprint density at radius 3 is 2.78 bits per heavy atom. The molecule has 2 atom stereocenters. The van der Waals surface area contributed by atoms with Gasteiger partial charge < -0.3 is 15.2 Å². The van der Waals surface area contributed by atoms with Gasteiger partial charge in [-0.05, 0) is 44.5 Å². The number of aromatic nitrogens is 1. The Morgan fingerprint density at radius 1 is 1.50 bits per heavy atom. The molecular formula is C13H22ClN3O. The summed E-state index contributed by atoms with van der Waals surface area (Å²) in [6, 6.07) is 4.15. The zero-order valence-electron chi connectivity index (χ0n) is 11.2. The highest BCUT2D eigenvalue weighted by Crippen LogP contribution is 2.12. The molecule has 0 saturated carbocycles. The minimum atomic E-state index is 0. The molecule has 1 fully saturated rings. The van der Waals surface area contributed by atoms with Crippen LogP contribution in [0.4, 0.5) is 0 Å². The van der Waals surface area contributed by atoms with Crippen molar-refractivity contribution in [1.29, 1.82) is 0 Å². The zero-order chi connectivity index (χ0) is 12.4. The number of carbonyl (C=O) groups excluding carboxylic acids is 1. The lowest BCUT2D eigenvalue weighted by Gasteiger charge is -2.30. The number of aryl methyl sites for hydroxylation is 1. The summed E-state index contributed by atoms with van der Waals surface area (Å²) in [6.07, 6.45) is 1.01. The molecule has 1 amide bonds. The lowest BCUT2D eigenvalue weighted by Crippen LogP contribution is -2.48. The number of nitrogens with one attached hydrogen (secondary N) is 2. The summed E-state index contributed by atoms with van der Waals surface area (Å²) < 4.78 is 1.93. The molecule has 0 radical (unpaired) electrons. The fraction of sp³-hybridized carbons (Fsp3) is 0.615. The number of hydrogen-bond acceptors (Lipinski definition) is 2. The summed E-state index contributed by atoms with van der Waals surface area (Å²) in [6.45, 7) is 6.15. The van der Waals surface area contributed by atoms with Crippen molar-refractivity contribution in [2.24, 2.45) is 13.0 Å². The Balaban J connectivity index is 0.00000162. The molecule has 0 aromatic carbocycles. The molecule has 2 unspecified atom stereocenters. The van der Waals surface area contributed by atoms with E-state index in [1.807, 2.05) is 30.7 Å². The number of hydrogen-bond donors (Lipinski definition) is 2. The molecule has 1 saturated heterocycles. The monoisotopic (exact) mass is 271 g/mol. The van der Waals surface area contributed by atoms with Crippen LogP contribution >= 0.6 is 12.4 Å². The highest BCUT2D eigenvalue weighted by atomic mass is 35.5. The normalized spacial score (nSPS) is 23.3. The second kappa shape index (κ2) is 6.25. The van der Waals surface area contributed by atoms with Gasteiger partial charge in [0.05, 0.1) is 0 Å². The zero-order valence-corrected chi connectivity index (χ0v) is 12.0. The van der Waals surface area contributed by atoms with Crippen molar-refractivity contribution in [3.8, 4) is 0 Å². The van der Waals surface area contributed by atoms with Gasteiger partial charge in [0.1, 0.15) is 5.69 Å². The van der Waals surface area contributed by atoms with E-state index in [0.717, 1.165) is 30.9 Å². The van der Waals surface area contributed by atoms with Gasteiger partial charge in [-0.3, -0.25) is 4.79 Å². The average molecular weight is 272 g/mol. The fourth-order valence-corrected chi connectivity index (χ4v) is 2.31. The van der Waals surface area contributed by atoms with Crippen LogP contribution in [0.2, 0.25) is 0 Å². The SMILES string of the molecule is Cc1ccc(C(=O)NC2CCNCC2C)n1C.Cl. The van der Waals surface area contributed by atoms with E-state index in [2.05, 4.69) is 17.6 Å². The highest BCUT2D eigenvalue weighted by molar-refractivity contribution is 5.93. The number of rotatable bonds is 2. The van der Waals surface area contributed by atoms with E-state index in [9.17, 15) is 4.79 Å². The number of halogens is 1. The Kier molecular flexibility index (Phi) is 5.23. The molecular weight excluding hydrogens is 250 g/mol. The summed E-state index contributed by atoms with van der Waals surface area (Å²) in [4.78, 5) is 12.1. The molecule has 2 N–H and O–H groups in total. The molecule has 0 aliphatic carbocycles. The predicted molar refractivity (Wildman–Crippen MR) is 75.3 cm³/mol. The van der Waals surface area contributed by atoms with Crippen LogP contribution in [0.15, 0.2) is 12.1 Å². The van der Waals surface area contributed by atoms with E-state index in [1.54, 1.807) is 0 Å². The molecule has 1 aliphatic rings. The minimum Gasteiger partial charge on any atom is -0.348 e. The topological polar surface area (TPSA) is 46.1 Å². The second-order valence-electron chi connectivity index (χ2n) is 4.97. The Labute approximate surface area is 115 Å². The maximum atomic E-state index is 12.1. The average Bonchev–Trinajstić information content (AvgIpc) is 2.63. The standard InChI is InChI=1S/C13H21N3O.ClH/c1-9-8-14-7-6-11(9)15-13(17)12-5-4-10(2)16(12)3;/h4-5,9,11,14H,6-8H2,1-3H3,(H,15,17);1H. The lowest BCUT2D eigenvalue weighted by atomic mass is 9.95. The van der Waals surface area contributed by atoms with E-state index in [1.165, 1.54) is 0 Å². The molecule has 102 valence electrons. The Bertz CT molecular complexity index is 416. The van der Waals surface area contributed by atoms with Crippen molar-refractivity contribution >= 4 is 18.3 Å². The summed E-state index contributed by atoms with van der Waals surface area (Å²) in [5.74, 6) is 0.536. The lowest BCUT2D eigenvalue weighted by molar-refractivity contribution is 0.0905. The Hall–Kier alpha value is -1.00. The minimum absolute atomic E-state index is 0. The van der Waals surface area contributed by atoms with Gasteiger partial charge in [-0.15, -0.1) is 12.4 Å². The smallest absolute Gasteiger partial charge is 0.268 e. The van der Waals surface area contributed by atoms with Gasteiger partial charge in [-0.1, -0.05) is 6.92 Å². The van der Waals surface area contributed by atoms with Crippen LogP contribution in [0.3, 0.4) is 0 Å².